The largest absolute Gasteiger partial charge is 0.451 e. The van der Waals surface area contributed by atoms with Crippen molar-refractivity contribution in [1.82, 2.24) is 19.9 Å². The van der Waals surface area contributed by atoms with Crippen LogP contribution in [0, 0.1) is 5.82 Å². The molecule has 1 aromatic carbocycles. The highest BCUT2D eigenvalue weighted by atomic mass is 32.2. The quantitative estimate of drug-likeness (QED) is 0.542. The number of ether oxygens (including phenoxy) is 1. The molecule has 166 valence electrons. The van der Waals surface area contributed by atoms with Crippen LogP contribution in [0.5, 0.6) is 11.5 Å². The first kappa shape index (κ1) is 21.5. The summed E-state index contributed by atoms with van der Waals surface area (Å²) in [7, 11) is -3.48. The first-order chi connectivity index (χ1) is 14.7. The average Bonchev–Trinajstić information content (AvgIpc) is 3.39. The van der Waals surface area contributed by atoms with E-state index in [0.29, 0.717) is 11.6 Å². The third-order valence-corrected chi connectivity index (χ3v) is 6.64. The van der Waals surface area contributed by atoms with E-state index in [2.05, 4.69) is 15.2 Å². The molecule has 31 heavy (non-hydrogen) atoms. The summed E-state index contributed by atoms with van der Waals surface area (Å²) >= 11 is 0. The third-order valence-electron chi connectivity index (χ3n) is 5.53. The van der Waals surface area contributed by atoms with Gasteiger partial charge in [-0.3, -0.25) is 4.68 Å². The number of hydrogen-bond donors (Lipinski definition) is 0. The molecule has 3 aromatic rings. The molecule has 4 rings (SSSR count). The molecule has 0 saturated heterocycles. The van der Waals surface area contributed by atoms with Crippen LogP contribution in [0.1, 0.15) is 69.1 Å². The molecule has 0 amide bonds. The van der Waals surface area contributed by atoms with Crippen molar-refractivity contribution in [2.75, 3.05) is 6.26 Å². The normalized spacial score (nSPS) is 19.6. The second-order valence-corrected chi connectivity index (χ2v) is 10.3. The van der Waals surface area contributed by atoms with Crippen molar-refractivity contribution in [3.63, 3.8) is 0 Å². The summed E-state index contributed by atoms with van der Waals surface area (Å²) in [4.78, 5) is 4.43. The van der Waals surface area contributed by atoms with E-state index in [1.807, 2.05) is 18.5 Å². The minimum absolute atomic E-state index is 0.0481. The Morgan fingerprint density at radius 3 is 2.58 bits per heavy atom. The average molecular weight is 449 g/mol. The van der Waals surface area contributed by atoms with E-state index in [1.54, 1.807) is 6.20 Å². The van der Waals surface area contributed by atoms with Gasteiger partial charge in [0.2, 0.25) is 5.89 Å². The third kappa shape index (κ3) is 4.79. The monoisotopic (exact) mass is 448 g/mol. The van der Waals surface area contributed by atoms with E-state index in [1.165, 1.54) is 18.3 Å². The number of sulfone groups is 1. The number of hydrogen-bond acceptors (Lipinski definition) is 7. The zero-order chi connectivity index (χ0) is 22.2. The molecule has 8 nitrogen and oxygen atoms in total. The molecule has 0 atom stereocenters. The minimum Gasteiger partial charge on any atom is -0.451 e. The molecule has 0 spiro atoms. The van der Waals surface area contributed by atoms with Crippen LogP contribution < -0.4 is 4.74 Å². The van der Waals surface area contributed by atoms with Gasteiger partial charge in [-0.15, -0.1) is 0 Å². The second-order valence-electron chi connectivity index (χ2n) is 8.27. The molecule has 10 heteroatoms. The Hall–Kier alpha value is -2.75. The van der Waals surface area contributed by atoms with Crippen LogP contribution in [0.25, 0.3) is 0 Å². The zero-order valence-electron chi connectivity index (χ0n) is 17.7. The lowest BCUT2D eigenvalue weighted by molar-refractivity contribution is 0.260. The highest BCUT2D eigenvalue weighted by molar-refractivity contribution is 7.90. The smallest absolute Gasteiger partial charge is 0.229 e. The van der Waals surface area contributed by atoms with Crippen LogP contribution in [0.2, 0.25) is 0 Å². The van der Waals surface area contributed by atoms with Crippen molar-refractivity contribution in [2.24, 2.45) is 0 Å². The molecule has 0 N–H and O–H groups in total. The zero-order valence-corrected chi connectivity index (χ0v) is 18.5. The summed E-state index contributed by atoms with van der Waals surface area (Å²) in [5.74, 6) is 1.55. The molecular weight excluding hydrogens is 423 g/mol. The van der Waals surface area contributed by atoms with Gasteiger partial charge in [0.25, 0.3) is 0 Å². The Kier molecular flexibility index (Phi) is 5.83. The number of nitrogens with zero attached hydrogens (tertiary/aromatic N) is 4. The Morgan fingerprint density at radius 2 is 1.97 bits per heavy atom. The topological polar surface area (TPSA) is 100 Å². The molecule has 2 heterocycles. The summed E-state index contributed by atoms with van der Waals surface area (Å²) < 4.78 is 50.2. The van der Waals surface area contributed by atoms with Crippen LogP contribution in [0.15, 0.2) is 40.0 Å². The Bertz CT molecular complexity index is 1160. The molecular formula is C21H25FN4O4S. The fourth-order valence-corrected chi connectivity index (χ4v) is 4.36. The van der Waals surface area contributed by atoms with E-state index in [4.69, 9.17) is 9.26 Å². The summed E-state index contributed by atoms with van der Waals surface area (Å²) in [6, 6.07) is 3.79. The van der Waals surface area contributed by atoms with E-state index >= 15 is 0 Å². The second kappa shape index (κ2) is 8.41. The van der Waals surface area contributed by atoms with E-state index in [-0.39, 0.29) is 28.5 Å². The maximum Gasteiger partial charge on any atom is 0.229 e. The van der Waals surface area contributed by atoms with Gasteiger partial charge in [0.15, 0.2) is 33.0 Å². The first-order valence-corrected chi connectivity index (χ1v) is 12.1. The van der Waals surface area contributed by atoms with Gasteiger partial charge in [0.05, 0.1) is 23.3 Å². The van der Waals surface area contributed by atoms with Crippen LogP contribution >= 0.6 is 0 Å². The van der Waals surface area contributed by atoms with Crippen LogP contribution in [0.4, 0.5) is 4.39 Å². The highest BCUT2D eigenvalue weighted by Gasteiger charge is 2.28. The van der Waals surface area contributed by atoms with Crippen molar-refractivity contribution in [1.29, 1.82) is 0 Å². The highest BCUT2D eigenvalue weighted by Crippen LogP contribution is 2.38. The van der Waals surface area contributed by atoms with Crippen molar-refractivity contribution >= 4 is 9.84 Å². The van der Waals surface area contributed by atoms with Gasteiger partial charge in [-0.2, -0.15) is 10.1 Å². The van der Waals surface area contributed by atoms with Crippen molar-refractivity contribution < 1.29 is 22.1 Å². The van der Waals surface area contributed by atoms with Gasteiger partial charge in [-0.05, 0) is 43.9 Å². The van der Waals surface area contributed by atoms with E-state index in [9.17, 15) is 12.8 Å². The van der Waals surface area contributed by atoms with E-state index < -0.39 is 15.7 Å². The molecule has 1 aliphatic carbocycles. The maximum absolute atomic E-state index is 14.2. The summed E-state index contributed by atoms with van der Waals surface area (Å²) in [6.07, 6.45) is 7.94. The first-order valence-electron chi connectivity index (χ1n) is 10.3. The molecule has 1 aliphatic rings. The molecule has 1 fully saturated rings. The SMILES string of the molecule is CC(C)c1noc(C2CCC(n3cc(Oc4ccc(S(C)(=O)=O)cc4F)cn3)CC2)n1. The lowest BCUT2D eigenvalue weighted by Crippen LogP contribution is -2.17. The fraction of sp³-hybridized carbons (Fsp3) is 0.476. The molecule has 0 bridgehead atoms. The lowest BCUT2D eigenvalue weighted by Gasteiger charge is -2.26. The van der Waals surface area contributed by atoms with Gasteiger partial charge in [-0.25, -0.2) is 12.8 Å². The summed E-state index contributed by atoms with van der Waals surface area (Å²) in [5.41, 5.74) is 0. The molecule has 0 unspecified atom stereocenters. The van der Waals surface area contributed by atoms with Crippen molar-refractivity contribution in [3.8, 4) is 11.5 Å². The molecule has 0 radical (unpaired) electrons. The number of rotatable bonds is 6. The number of aromatic nitrogens is 4. The van der Waals surface area contributed by atoms with Crippen molar-refractivity contribution in [3.05, 3.63) is 48.1 Å². The number of halogens is 1. The van der Waals surface area contributed by atoms with Gasteiger partial charge in [0, 0.05) is 18.1 Å². The fourth-order valence-electron chi connectivity index (χ4n) is 3.73. The van der Waals surface area contributed by atoms with Gasteiger partial charge in [0.1, 0.15) is 0 Å². The van der Waals surface area contributed by atoms with Crippen LogP contribution in [-0.4, -0.2) is 34.6 Å². The van der Waals surface area contributed by atoms with Gasteiger partial charge < -0.3 is 9.26 Å². The Labute approximate surface area is 180 Å². The minimum atomic E-state index is -3.48. The standard InChI is InChI=1S/C21H25FN4O4S/c1-13(2)20-24-21(30-25-20)14-4-6-15(7-5-14)26-12-16(11-23-26)29-19-9-8-17(10-18(19)22)31(3,27)28/h8-15H,4-7H2,1-3H3. The summed E-state index contributed by atoms with van der Waals surface area (Å²) in [5, 5.41) is 8.42. The van der Waals surface area contributed by atoms with Crippen molar-refractivity contribution in [2.45, 2.75) is 62.3 Å². The maximum atomic E-state index is 14.2. The van der Waals surface area contributed by atoms with Crippen LogP contribution in [0.3, 0.4) is 0 Å². The molecule has 2 aromatic heterocycles. The predicted molar refractivity (Wildman–Crippen MR) is 110 cm³/mol. The van der Waals surface area contributed by atoms with Gasteiger partial charge in [-0.1, -0.05) is 19.0 Å². The Morgan fingerprint density at radius 1 is 1.23 bits per heavy atom. The number of benzene rings is 1. The Balaban J connectivity index is 1.38. The summed E-state index contributed by atoms with van der Waals surface area (Å²) in [6.45, 7) is 4.07. The predicted octanol–water partition coefficient (Wildman–Crippen LogP) is 4.62. The van der Waals surface area contributed by atoms with E-state index in [0.717, 1.165) is 43.8 Å². The molecule has 1 saturated carbocycles. The van der Waals surface area contributed by atoms with Gasteiger partial charge >= 0.3 is 0 Å². The molecule has 0 aliphatic heterocycles. The lowest BCUT2D eigenvalue weighted by atomic mass is 9.86. The van der Waals surface area contributed by atoms with Crippen LogP contribution in [-0.2, 0) is 9.84 Å².